The van der Waals surface area contributed by atoms with E-state index >= 15 is 0 Å². The van der Waals surface area contributed by atoms with Gasteiger partial charge in [0.15, 0.2) is 0 Å². The van der Waals surface area contributed by atoms with Crippen molar-refractivity contribution in [2.45, 2.75) is 51.6 Å². The Kier molecular flexibility index (Phi) is 5.62. The molecule has 2 amide bonds. The van der Waals surface area contributed by atoms with Crippen LogP contribution < -0.4 is 4.74 Å². The van der Waals surface area contributed by atoms with Crippen molar-refractivity contribution in [1.29, 1.82) is 0 Å². The van der Waals surface area contributed by atoms with Crippen LogP contribution in [0.15, 0.2) is 24.3 Å². The maximum Gasteiger partial charge on any atom is 0.573 e. The number of alkyl halides is 3. The number of nitrogens with zero attached hydrogens (tertiary/aromatic N) is 1. The van der Waals surface area contributed by atoms with Gasteiger partial charge in [-0.2, -0.15) is 0 Å². The predicted octanol–water partition coefficient (Wildman–Crippen LogP) is 3.19. The monoisotopic (exact) mass is 399 g/mol. The lowest BCUT2D eigenvalue weighted by atomic mass is 9.81. The van der Waals surface area contributed by atoms with Crippen LogP contribution in [0.25, 0.3) is 0 Å². The van der Waals surface area contributed by atoms with Crippen molar-refractivity contribution in [3.05, 3.63) is 29.8 Å². The van der Waals surface area contributed by atoms with Crippen LogP contribution in [0.4, 0.5) is 13.2 Å². The zero-order valence-electron chi connectivity index (χ0n) is 15.2. The summed E-state index contributed by atoms with van der Waals surface area (Å²) >= 11 is 0. The van der Waals surface area contributed by atoms with Crippen molar-refractivity contribution in [2.24, 2.45) is 11.8 Å². The van der Waals surface area contributed by atoms with E-state index in [1.165, 1.54) is 19.1 Å². The predicted molar refractivity (Wildman–Crippen MR) is 89.7 cm³/mol. The second kappa shape index (κ2) is 7.81. The Hall–Kier alpha value is -2.58. The first kappa shape index (κ1) is 20.2. The third-order valence-electron chi connectivity index (χ3n) is 5.14. The van der Waals surface area contributed by atoms with E-state index in [-0.39, 0.29) is 36.0 Å². The summed E-state index contributed by atoms with van der Waals surface area (Å²) in [5.74, 6) is -2.47. The number of esters is 1. The number of likely N-dealkylation sites (tertiary alicyclic amines) is 1. The molecule has 2 fully saturated rings. The first-order valence-electron chi connectivity index (χ1n) is 9.05. The second-order valence-electron chi connectivity index (χ2n) is 7.02. The maximum atomic E-state index is 12.5. The van der Waals surface area contributed by atoms with Gasteiger partial charge in [-0.25, -0.2) is 4.79 Å². The molecular weight excluding hydrogens is 379 g/mol. The quantitative estimate of drug-likeness (QED) is 0.562. The molecule has 9 heteroatoms. The number of rotatable bonds is 5. The normalized spacial score (nSPS) is 23.4. The molecule has 0 N–H and O–H groups in total. The molecular formula is C19H20F3NO5. The molecule has 1 aromatic rings. The number of fused-ring (bicyclic) bond motifs is 1. The molecule has 1 saturated heterocycles. The molecule has 28 heavy (non-hydrogen) atoms. The van der Waals surface area contributed by atoms with Gasteiger partial charge in [-0.3, -0.25) is 14.5 Å². The number of ether oxygens (including phenoxy) is 2. The average Bonchev–Trinajstić information content (AvgIpc) is 2.90. The number of carbonyl (C=O) groups is 3. The summed E-state index contributed by atoms with van der Waals surface area (Å²) in [6.45, 7) is 1.24. The van der Waals surface area contributed by atoms with Gasteiger partial charge in [0.1, 0.15) is 18.4 Å². The van der Waals surface area contributed by atoms with Gasteiger partial charge in [-0.1, -0.05) is 25.0 Å². The molecule has 6 nitrogen and oxygen atoms in total. The molecule has 1 aromatic carbocycles. The Morgan fingerprint density at radius 2 is 1.64 bits per heavy atom. The van der Waals surface area contributed by atoms with Crippen molar-refractivity contribution < 1.29 is 37.0 Å². The van der Waals surface area contributed by atoms with Gasteiger partial charge in [0.2, 0.25) is 11.8 Å². The van der Waals surface area contributed by atoms with Crippen molar-refractivity contribution in [1.82, 2.24) is 4.90 Å². The highest BCUT2D eigenvalue weighted by Gasteiger charge is 2.51. The Labute approximate surface area is 159 Å². The molecule has 0 radical (unpaired) electrons. The van der Waals surface area contributed by atoms with E-state index in [2.05, 4.69) is 4.74 Å². The van der Waals surface area contributed by atoms with Crippen LogP contribution in [0.2, 0.25) is 0 Å². The van der Waals surface area contributed by atoms with Crippen molar-refractivity contribution in [3.8, 4) is 5.75 Å². The lowest BCUT2D eigenvalue weighted by Gasteiger charge is -2.21. The van der Waals surface area contributed by atoms with Crippen LogP contribution in [0.5, 0.6) is 5.75 Å². The van der Waals surface area contributed by atoms with Gasteiger partial charge >= 0.3 is 12.3 Å². The summed E-state index contributed by atoms with van der Waals surface area (Å²) in [6, 6.07) is 3.84. The summed E-state index contributed by atoms with van der Waals surface area (Å²) in [5.41, 5.74) is 0.447. The van der Waals surface area contributed by atoms with E-state index in [1.54, 1.807) is 0 Å². The highest BCUT2D eigenvalue weighted by atomic mass is 19.4. The summed E-state index contributed by atoms with van der Waals surface area (Å²) in [7, 11) is 0. The number of imide groups is 1. The number of hydrogen-bond donors (Lipinski definition) is 0. The Morgan fingerprint density at radius 3 is 2.14 bits per heavy atom. The number of halogens is 3. The smallest absolute Gasteiger partial charge is 0.459 e. The second-order valence-corrected chi connectivity index (χ2v) is 7.02. The molecule has 0 spiro atoms. The molecule has 1 heterocycles. The van der Waals surface area contributed by atoms with Gasteiger partial charge in [-0.05, 0) is 37.5 Å². The van der Waals surface area contributed by atoms with Gasteiger partial charge in [0.25, 0.3) is 0 Å². The fraction of sp³-hybridized carbons (Fsp3) is 0.526. The number of benzene rings is 1. The number of hydrogen-bond acceptors (Lipinski definition) is 5. The summed E-state index contributed by atoms with van der Waals surface area (Å²) in [4.78, 5) is 38.3. The molecule has 3 atom stereocenters. The van der Waals surface area contributed by atoms with E-state index in [0.717, 1.165) is 29.9 Å². The number of amides is 2. The summed E-state index contributed by atoms with van der Waals surface area (Å²) in [5, 5.41) is 0. The van der Waals surface area contributed by atoms with E-state index in [0.29, 0.717) is 18.4 Å². The third-order valence-corrected chi connectivity index (χ3v) is 5.14. The molecule has 2 unspecified atom stereocenters. The Morgan fingerprint density at radius 1 is 1.11 bits per heavy atom. The summed E-state index contributed by atoms with van der Waals surface area (Å²) < 4.78 is 45.4. The minimum atomic E-state index is -4.78. The highest BCUT2D eigenvalue weighted by molar-refractivity contribution is 6.07. The fourth-order valence-corrected chi connectivity index (χ4v) is 3.74. The van der Waals surface area contributed by atoms with Crippen molar-refractivity contribution >= 4 is 17.8 Å². The SMILES string of the molecule is C[C@@H](C(=O)OCc1ccc(OC(F)(F)F)cc1)N1C(=O)C2CCCCC2C1=O. The molecule has 0 aromatic heterocycles. The Bertz CT molecular complexity index is 738. The zero-order chi connectivity index (χ0) is 20.5. The van der Waals surface area contributed by atoms with Crippen LogP contribution in [0.1, 0.15) is 38.2 Å². The minimum Gasteiger partial charge on any atom is -0.459 e. The van der Waals surface area contributed by atoms with Crippen LogP contribution >= 0.6 is 0 Å². The summed E-state index contributed by atoms with van der Waals surface area (Å²) in [6.07, 6.45) is -1.70. The molecule has 1 saturated carbocycles. The molecule has 152 valence electrons. The van der Waals surface area contributed by atoms with E-state index < -0.39 is 18.4 Å². The van der Waals surface area contributed by atoms with E-state index in [4.69, 9.17) is 4.74 Å². The minimum absolute atomic E-state index is 0.196. The Balaban J connectivity index is 1.57. The highest BCUT2D eigenvalue weighted by Crippen LogP contribution is 2.39. The number of carbonyl (C=O) groups excluding carboxylic acids is 3. The molecule has 1 aliphatic heterocycles. The largest absolute Gasteiger partial charge is 0.573 e. The van der Waals surface area contributed by atoms with Crippen LogP contribution in [0.3, 0.4) is 0 Å². The molecule has 0 bridgehead atoms. The van der Waals surface area contributed by atoms with Gasteiger partial charge in [-0.15, -0.1) is 13.2 Å². The first-order valence-corrected chi connectivity index (χ1v) is 9.05. The molecule has 3 rings (SSSR count). The lowest BCUT2D eigenvalue weighted by Crippen LogP contribution is -2.44. The van der Waals surface area contributed by atoms with Crippen LogP contribution in [-0.2, 0) is 25.7 Å². The zero-order valence-corrected chi connectivity index (χ0v) is 15.2. The molecule has 2 aliphatic rings. The first-order chi connectivity index (χ1) is 13.2. The van der Waals surface area contributed by atoms with Gasteiger partial charge < -0.3 is 9.47 Å². The van der Waals surface area contributed by atoms with Crippen LogP contribution in [-0.4, -0.2) is 35.1 Å². The van der Waals surface area contributed by atoms with Crippen molar-refractivity contribution in [2.75, 3.05) is 0 Å². The van der Waals surface area contributed by atoms with Gasteiger partial charge in [0.05, 0.1) is 11.8 Å². The van der Waals surface area contributed by atoms with Gasteiger partial charge in [0, 0.05) is 0 Å². The van der Waals surface area contributed by atoms with Crippen molar-refractivity contribution in [3.63, 3.8) is 0 Å². The average molecular weight is 399 g/mol. The third kappa shape index (κ3) is 4.28. The van der Waals surface area contributed by atoms with E-state index in [9.17, 15) is 27.6 Å². The lowest BCUT2D eigenvalue weighted by molar-refractivity contribution is -0.274. The standard InChI is InChI=1S/C19H20F3NO5/c1-11(23-16(24)14-4-2-3-5-15(14)17(23)25)18(26)27-10-12-6-8-13(9-7-12)28-19(20,21)22/h6-9,11,14-15H,2-5,10H2,1H3/t11-,14?,15?/m0/s1. The van der Waals surface area contributed by atoms with E-state index in [1.807, 2.05) is 0 Å². The molecule has 1 aliphatic carbocycles. The topological polar surface area (TPSA) is 72.9 Å². The fourth-order valence-electron chi connectivity index (χ4n) is 3.74. The maximum absolute atomic E-state index is 12.5. The van der Waals surface area contributed by atoms with Crippen LogP contribution in [0, 0.1) is 11.8 Å².